The standard InChI is InChI=1S/C19H16N4O2/c24-19(23-21-14-15-7-6-12-20-13-15)22-17-10-4-5-11-18(17)25-16-8-2-1-3-9-16/h1-14H,(H2,22,23,24)/b21-14+. The maximum absolute atomic E-state index is 12.0. The highest BCUT2D eigenvalue weighted by molar-refractivity contribution is 5.91. The lowest BCUT2D eigenvalue weighted by Crippen LogP contribution is -2.24. The number of carbonyl (C=O) groups excluding carboxylic acids is 1. The summed E-state index contributed by atoms with van der Waals surface area (Å²) < 4.78 is 5.79. The van der Waals surface area contributed by atoms with E-state index in [1.54, 1.807) is 30.6 Å². The molecule has 0 saturated carbocycles. The van der Waals surface area contributed by atoms with Crippen LogP contribution in [0, 0.1) is 0 Å². The fourth-order valence-corrected chi connectivity index (χ4v) is 2.04. The van der Waals surface area contributed by atoms with E-state index in [1.165, 1.54) is 6.21 Å². The number of anilines is 1. The summed E-state index contributed by atoms with van der Waals surface area (Å²) in [5.41, 5.74) is 3.74. The molecule has 1 aromatic heterocycles. The van der Waals surface area contributed by atoms with Crippen LogP contribution in [0.15, 0.2) is 84.2 Å². The number of aromatic nitrogens is 1. The van der Waals surface area contributed by atoms with Crippen LogP contribution in [0.2, 0.25) is 0 Å². The molecule has 2 N–H and O–H groups in total. The Labute approximate surface area is 145 Å². The summed E-state index contributed by atoms with van der Waals surface area (Å²) in [6.07, 6.45) is 4.83. The van der Waals surface area contributed by atoms with Gasteiger partial charge in [0.2, 0.25) is 0 Å². The monoisotopic (exact) mass is 332 g/mol. The molecule has 0 spiro atoms. The number of rotatable bonds is 5. The average Bonchev–Trinajstić information content (AvgIpc) is 2.65. The van der Waals surface area contributed by atoms with Crippen molar-refractivity contribution in [1.29, 1.82) is 0 Å². The number of hydrazone groups is 1. The molecule has 3 aromatic rings. The zero-order chi connectivity index (χ0) is 17.3. The Morgan fingerprint density at radius 2 is 1.80 bits per heavy atom. The summed E-state index contributed by atoms with van der Waals surface area (Å²) in [7, 11) is 0. The molecular weight excluding hydrogens is 316 g/mol. The van der Waals surface area contributed by atoms with E-state index in [4.69, 9.17) is 4.74 Å². The van der Waals surface area contributed by atoms with Gasteiger partial charge in [0.25, 0.3) is 0 Å². The van der Waals surface area contributed by atoms with Gasteiger partial charge in [-0.15, -0.1) is 0 Å². The normalized spacial score (nSPS) is 10.4. The van der Waals surface area contributed by atoms with E-state index in [-0.39, 0.29) is 0 Å². The number of hydrogen-bond donors (Lipinski definition) is 2. The second kappa shape index (κ2) is 8.26. The van der Waals surface area contributed by atoms with Crippen molar-refractivity contribution in [1.82, 2.24) is 10.4 Å². The third-order valence-electron chi connectivity index (χ3n) is 3.17. The van der Waals surface area contributed by atoms with Gasteiger partial charge in [-0.25, -0.2) is 10.2 Å². The molecule has 25 heavy (non-hydrogen) atoms. The summed E-state index contributed by atoms with van der Waals surface area (Å²) in [5, 5.41) is 6.60. The first-order valence-corrected chi connectivity index (χ1v) is 7.63. The lowest BCUT2D eigenvalue weighted by Gasteiger charge is -2.11. The zero-order valence-corrected chi connectivity index (χ0v) is 13.3. The molecule has 0 atom stereocenters. The van der Waals surface area contributed by atoms with E-state index < -0.39 is 6.03 Å². The Hall–Kier alpha value is -3.67. The van der Waals surface area contributed by atoms with Crippen LogP contribution in [-0.4, -0.2) is 17.2 Å². The molecule has 0 aliphatic heterocycles. The van der Waals surface area contributed by atoms with Crippen LogP contribution < -0.4 is 15.5 Å². The molecule has 124 valence electrons. The summed E-state index contributed by atoms with van der Waals surface area (Å²) in [6.45, 7) is 0. The zero-order valence-electron chi connectivity index (χ0n) is 13.3. The highest BCUT2D eigenvalue weighted by Crippen LogP contribution is 2.28. The van der Waals surface area contributed by atoms with E-state index >= 15 is 0 Å². The largest absolute Gasteiger partial charge is 0.455 e. The van der Waals surface area contributed by atoms with Gasteiger partial charge >= 0.3 is 6.03 Å². The predicted molar refractivity (Wildman–Crippen MR) is 96.9 cm³/mol. The Morgan fingerprint density at radius 1 is 1.00 bits per heavy atom. The van der Waals surface area contributed by atoms with Gasteiger partial charge < -0.3 is 10.1 Å². The van der Waals surface area contributed by atoms with Gasteiger partial charge in [0.15, 0.2) is 5.75 Å². The van der Waals surface area contributed by atoms with Gasteiger partial charge in [-0.05, 0) is 30.3 Å². The third-order valence-corrected chi connectivity index (χ3v) is 3.17. The van der Waals surface area contributed by atoms with Gasteiger partial charge in [0, 0.05) is 18.0 Å². The molecule has 0 aliphatic carbocycles. The Morgan fingerprint density at radius 3 is 2.60 bits per heavy atom. The molecular formula is C19H16N4O2. The van der Waals surface area contributed by atoms with Gasteiger partial charge in [0.1, 0.15) is 5.75 Å². The van der Waals surface area contributed by atoms with Crippen LogP contribution in [-0.2, 0) is 0 Å². The second-order valence-corrected chi connectivity index (χ2v) is 5.02. The number of benzene rings is 2. The Kier molecular flexibility index (Phi) is 5.35. The fourth-order valence-electron chi connectivity index (χ4n) is 2.04. The summed E-state index contributed by atoms with van der Waals surface area (Å²) >= 11 is 0. The quantitative estimate of drug-likeness (QED) is 0.547. The molecule has 1 heterocycles. The molecule has 0 radical (unpaired) electrons. The van der Waals surface area contributed by atoms with E-state index in [1.807, 2.05) is 48.5 Å². The topological polar surface area (TPSA) is 75.6 Å². The van der Waals surface area contributed by atoms with Gasteiger partial charge in [0.05, 0.1) is 11.9 Å². The molecule has 0 unspecified atom stereocenters. The van der Waals surface area contributed by atoms with Gasteiger partial charge in [-0.1, -0.05) is 36.4 Å². The van der Waals surface area contributed by atoms with E-state index in [0.717, 1.165) is 5.56 Å². The van der Waals surface area contributed by atoms with Crippen LogP contribution in [0.5, 0.6) is 11.5 Å². The number of hydrogen-bond acceptors (Lipinski definition) is 4. The van der Waals surface area contributed by atoms with Crippen molar-refractivity contribution in [2.45, 2.75) is 0 Å². The minimum absolute atomic E-state index is 0.468. The first-order valence-electron chi connectivity index (χ1n) is 7.63. The van der Waals surface area contributed by atoms with Crippen molar-refractivity contribution >= 4 is 17.9 Å². The molecule has 2 amide bonds. The van der Waals surface area contributed by atoms with Crippen molar-refractivity contribution in [2.75, 3.05) is 5.32 Å². The number of amides is 2. The van der Waals surface area contributed by atoms with Crippen LogP contribution in [0.4, 0.5) is 10.5 Å². The van der Waals surface area contributed by atoms with Crippen molar-refractivity contribution in [3.63, 3.8) is 0 Å². The van der Waals surface area contributed by atoms with Crippen molar-refractivity contribution in [3.8, 4) is 11.5 Å². The first-order chi connectivity index (χ1) is 12.3. The number of carbonyl (C=O) groups is 1. The molecule has 0 fully saturated rings. The molecule has 6 heteroatoms. The van der Waals surface area contributed by atoms with Gasteiger partial charge in [-0.3, -0.25) is 4.98 Å². The van der Waals surface area contributed by atoms with E-state index in [0.29, 0.717) is 17.2 Å². The molecule has 0 saturated heterocycles. The van der Waals surface area contributed by atoms with E-state index in [9.17, 15) is 4.79 Å². The van der Waals surface area contributed by atoms with Crippen LogP contribution in [0.3, 0.4) is 0 Å². The van der Waals surface area contributed by atoms with Crippen LogP contribution >= 0.6 is 0 Å². The molecule has 6 nitrogen and oxygen atoms in total. The predicted octanol–water partition coefficient (Wildman–Crippen LogP) is 4.03. The summed E-state index contributed by atoms with van der Waals surface area (Å²) in [6, 6.07) is 19.7. The number of ether oxygens (including phenoxy) is 1. The number of nitrogens with one attached hydrogen (secondary N) is 2. The first kappa shape index (κ1) is 16.2. The smallest absolute Gasteiger partial charge is 0.339 e. The minimum Gasteiger partial charge on any atom is -0.455 e. The number of urea groups is 1. The highest BCUT2D eigenvalue weighted by Gasteiger charge is 2.07. The van der Waals surface area contributed by atoms with Crippen LogP contribution in [0.25, 0.3) is 0 Å². The Bertz CT molecular complexity index is 852. The molecule has 0 aliphatic rings. The van der Waals surface area contributed by atoms with Gasteiger partial charge in [-0.2, -0.15) is 5.10 Å². The lowest BCUT2D eigenvalue weighted by atomic mass is 10.3. The summed E-state index contributed by atoms with van der Waals surface area (Å²) in [4.78, 5) is 16.0. The number of para-hydroxylation sites is 3. The molecule has 0 bridgehead atoms. The highest BCUT2D eigenvalue weighted by atomic mass is 16.5. The Balaban J connectivity index is 1.62. The third kappa shape index (κ3) is 4.90. The maximum atomic E-state index is 12.0. The van der Waals surface area contributed by atoms with E-state index in [2.05, 4.69) is 20.8 Å². The SMILES string of the molecule is O=C(N/N=C/c1cccnc1)Nc1ccccc1Oc1ccccc1. The second-order valence-electron chi connectivity index (χ2n) is 5.02. The lowest BCUT2D eigenvalue weighted by molar-refractivity contribution is 0.252. The fraction of sp³-hybridized carbons (Fsp3) is 0. The molecule has 3 rings (SSSR count). The maximum Gasteiger partial charge on any atom is 0.339 e. The average molecular weight is 332 g/mol. The van der Waals surface area contributed by atoms with Crippen LogP contribution in [0.1, 0.15) is 5.56 Å². The number of nitrogens with zero attached hydrogens (tertiary/aromatic N) is 2. The summed E-state index contributed by atoms with van der Waals surface area (Å²) in [5.74, 6) is 1.23. The van der Waals surface area contributed by atoms with Crippen molar-refractivity contribution in [2.24, 2.45) is 5.10 Å². The van der Waals surface area contributed by atoms with Crippen molar-refractivity contribution in [3.05, 3.63) is 84.7 Å². The van der Waals surface area contributed by atoms with Crippen molar-refractivity contribution < 1.29 is 9.53 Å². The number of pyridine rings is 1. The minimum atomic E-state index is -0.468. The molecule has 2 aromatic carbocycles.